The zero-order chi connectivity index (χ0) is 14.2. The van der Waals surface area contributed by atoms with Gasteiger partial charge in [0.1, 0.15) is 0 Å². The van der Waals surface area contributed by atoms with Crippen LogP contribution in [0.5, 0.6) is 0 Å². The van der Waals surface area contributed by atoms with E-state index in [2.05, 4.69) is 41.2 Å². The molecule has 21 heavy (non-hydrogen) atoms. The van der Waals surface area contributed by atoms with E-state index in [-0.39, 0.29) is 0 Å². The first kappa shape index (κ1) is 13.2. The smallest absolute Gasteiger partial charge is 0.164 e. The van der Waals surface area contributed by atoms with Crippen LogP contribution in [0.2, 0.25) is 0 Å². The number of ketones is 1. The quantitative estimate of drug-likeness (QED) is 0.772. The molecule has 0 bridgehead atoms. The highest BCUT2D eigenvalue weighted by molar-refractivity contribution is 7.99. The molecule has 108 valence electrons. The minimum absolute atomic E-state index is 0.336. The van der Waals surface area contributed by atoms with Gasteiger partial charge in [0.05, 0.1) is 0 Å². The predicted octanol–water partition coefficient (Wildman–Crippen LogP) is 4.29. The van der Waals surface area contributed by atoms with Crippen molar-refractivity contribution < 1.29 is 4.79 Å². The third kappa shape index (κ3) is 2.44. The molecule has 0 N–H and O–H groups in total. The van der Waals surface area contributed by atoms with E-state index in [1.54, 1.807) is 0 Å². The third-order valence-corrected chi connectivity index (χ3v) is 5.84. The molecule has 2 heterocycles. The van der Waals surface area contributed by atoms with E-state index in [0.29, 0.717) is 11.7 Å². The van der Waals surface area contributed by atoms with E-state index < -0.39 is 0 Å². The monoisotopic (exact) mass is 297 g/mol. The summed E-state index contributed by atoms with van der Waals surface area (Å²) in [5.41, 5.74) is 3.71. The first-order valence-electron chi connectivity index (χ1n) is 7.75. The normalized spacial score (nSPS) is 21.0. The number of nitrogens with zero attached hydrogens (tertiary/aromatic N) is 1. The Hall–Kier alpha value is -1.48. The van der Waals surface area contributed by atoms with Gasteiger partial charge in [-0.1, -0.05) is 18.2 Å². The number of hydrogen-bond donors (Lipinski definition) is 0. The minimum Gasteiger partial charge on any atom is -0.353 e. The van der Waals surface area contributed by atoms with Gasteiger partial charge in [-0.05, 0) is 36.5 Å². The fourth-order valence-electron chi connectivity index (χ4n) is 3.48. The standard InChI is InChI=1S/C18H19NOS/c20-17-7-3-1-5-13-9-19(11-16(13)17)10-14-12-21-18-8-4-2-6-15(14)18/h2,4,6,8-9,11,14H,1,3,5,7,10,12H2. The minimum atomic E-state index is 0.336. The summed E-state index contributed by atoms with van der Waals surface area (Å²) in [7, 11) is 0. The zero-order valence-electron chi connectivity index (χ0n) is 12.0. The number of hydrogen-bond acceptors (Lipinski definition) is 2. The maximum Gasteiger partial charge on any atom is 0.164 e. The van der Waals surface area contributed by atoms with Gasteiger partial charge in [-0.15, -0.1) is 11.8 Å². The highest BCUT2D eigenvalue weighted by atomic mass is 32.2. The number of fused-ring (bicyclic) bond motifs is 2. The highest BCUT2D eigenvalue weighted by Gasteiger charge is 2.24. The molecule has 1 atom stereocenters. The molecule has 1 aromatic heterocycles. The Morgan fingerprint density at radius 1 is 1.14 bits per heavy atom. The first-order chi connectivity index (χ1) is 10.3. The number of benzene rings is 1. The van der Waals surface area contributed by atoms with E-state index in [1.807, 2.05) is 11.8 Å². The molecule has 3 heteroatoms. The number of carbonyl (C=O) groups excluding carboxylic acids is 1. The Morgan fingerprint density at radius 2 is 2.00 bits per heavy atom. The van der Waals surface area contributed by atoms with Gasteiger partial charge >= 0.3 is 0 Å². The maximum absolute atomic E-state index is 12.1. The van der Waals surface area contributed by atoms with Crippen LogP contribution in [0.15, 0.2) is 41.6 Å². The first-order valence-corrected chi connectivity index (χ1v) is 8.73. The topological polar surface area (TPSA) is 22.0 Å². The summed E-state index contributed by atoms with van der Waals surface area (Å²) in [6.07, 6.45) is 8.27. The van der Waals surface area contributed by atoms with Crippen LogP contribution in [0, 0.1) is 0 Å². The van der Waals surface area contributed by atoms with Gasteiger partial charge in [-0.2, -0.15) is 0 Å². The largest absolute Gasteiger partial charge is 0.353 e. The van der Waals surface area contributed by atoms with Crippen LogP contribution in [0.1, 0.15) is 46.7 Å². The van der Waals surface area contributed by atoms with E-state index in [4.69, 9.17) is 0 Å². The van der Waals surface area contributed by atoms with Gasteiger partial charge < -0.3 is 4.57 Å². The maximum atomic E-state index is 12.1. The van der Waals surface area contributed by atoms with Crippen LogP contribution in [-0.4, -0.2) is 16.1 Å². The Balaban J connectivity index is 1.59. The summed E-state index contributed by atoms with van der Waals surface area (Å²) in [5, 5.41) is 0. The van der Waals surface area contributed by atoms with E-state index in [1.165, 1.54) is 16.0 Å². The van der Waals surface area contributed by atoms with Gasteiger partial charge in [0.2, 0.25) is 0 Å². The van der Waals surface area contributed by atoms with Gasteiger partial charge in [0.15, 0.2) is 5.78 Å². The SMILES string of the molecule is O=C1CCCCc2cn(CC3CSc4ccccc43)cc21. The van der Waals surface area contributed by atoms with Crippen molar-refractivity contribution in [2.45, 2.75) is 43.0 Å². The molecule has 1 aliphatic heterocycles. The molecule has 0 fully saturated rings. The molecule has 1 unspecified atom stereocenters. The number of Topliss-reactive ketones (excluding diaryl/α,β-unsaturated/α-hetero) is 1. The molecule has 1 aliphatic carbocycles. The van der Waals surface area contributed by atoms with E-state index >= 15 is 0 Å². The molecule has 0 amide bonds. The number of aryl methyl sites for hydroxylation is 1. The Labute approximate surface area is 129 Å². The van der Waals surface area contributed by atoms with Gasteiger partial charge in [0, 0.05) is 47.5 Å². The van der Waals surface area contributed by atoms with E-state index in [0.717, 1.165) is 43.5 Å². The average Bonchev–Trinajstić information content (AvgIpc) is 3.05. The molecule has 4 rings (SSSR count). The van der Waals surface area contributed by atoms with Crippen LogP contribution >= 0.6 is 11.8 Å². The lowest BCUT2D eigenvalue weighted by Gasteiger charge is -2.11. The molecule has 1 aromatic carbocycles. The van der Waals surface area contributed by atoms with Crippen LogP contribution in [0.25, 0.3) is 0 Å². The highest BCUT2D eigenvalue weighted by Crippen LogP contribution is 2.40. The molecular weight excluding hydrogens is 278 g/mol. The van der Waals surface area contributed by atoms with Crippen molar-refractivity contribution in [1.82, 2.24) is 4.57 Å². The molecule has 2 aromatic rings. The lowest BCUT2D eigenvalue weighted by Crippen LogP contribution is -2.07. The summed E-state index contributed by atoms with van der Waals surface area (Å²) in [6, 6.07) is 8.71. The Bertz CT molecular complexity index is 688. The fourth-order valence-corrected chi connectivity index (χ4v) is 4.72. The number of aromatic nitrogens is 1. The summed E-state index contributed by atoms with van der Waals surface area (Å²) >= 11 is 1.95. The van der Waals surface area contributed by atoms with Crippen molar-refractivity contribution in [3.8, 4) is 0 Å². The molecular formula is C18H19NOS. The van der Waals surface area contributed by atoms with Crippen LogP contribution in [0.3, 0.4) is 0 Å². The molecule has 2 nitrogen and oxygen atoms in total. The molecule has 0 spiro atoms. The summed E-state index contributed by atoms with van der Waals surface area (Å²) in [5.74, 6) is 2.05. The van der Waals surface area contributed by atoms with Crippen molar-refractivity contribution in [3.63, 3.8) is 0 Å². The molecule has 0 radical (unpaired) electrons. The molecule has 0 saturated heterocycles. The van der Waals surface area contributed by atoms with Crippen molar-refractivity contribution in [2.24, 2.45) is 0 Å². The lowest BCUT2D eigenvalue weighted by molar-refractivity contribution is 0.0982. The van der Waals surface area contributed by atoms with Crippen LogP contribution < -0.4 is 0 Å². The van der Waals surface area contributed by atoms with Crippen LogP contribution in [0.4, 0.5) is 0 Å². The van der Waals surface area contributed by atoms with Crippen LogP contribution in [-0.2, 0) is 13.0 Å². The van der Waals surface area contributed by atoms with E-state index in [9.17, 15) is 4.79 Å². The second-order valence-corrected chi connectivity index (χ2v) is 7.13. The summed E-state index contributed by atoms with van der Waals surface area (Å²) in [6.45, 7) is 0.990. The van der Waals surface area contributed by atoms with Crippen molar-refractivity contribution in [1.29, 1.82) is 0 Å². The predicted molar refractivity (Wildman–Crippen MR) is 86.2 cm³/mol. The van der Waals surface area contributed by atoms with Gasteiger partial charge in [0.25, 0.3) is 0 Å². The third-order valence-electron chi connectivity index (χ3n) is 4.59. The Kier molecular flexibility index (Phi) is 3.38. The molecule has 2 aliphatic rings. The van der Waals surface area contributed by atoms with Gasteiger partial charge in [-0.3, -0.25) is 4.79 Å². The second-order valence-electron chi connectivity index (χ2n) is 6.07. The number of thioether (sulfide) groups is 1. The zero-order valence-corrected chi connectivity index (χ0v) is 12.9. The second kappa shape index (κ2) is 5.38. The van der Waals surface area contributed by atoms with Crippen molar-refractivity contribution >= 4 is 17.5 Å². The fraction of sp³-hybridized carbons (Fsp3) is 0.389. The Morgan fingerprint density at radius 3 is 2.95 bits per heavy atom. The summed E-state index contributed by atoms with van der Waals surface area (Å²) in [4.78, 5) is 13.6. The lowest BCUT2D eigenvalue weighted by atomic mass is 10.0. The van der Waals surface area contributed by atoms with Crippen molar-refractivity contribution in [2.75, 3.05) is 5.75 Å². The number of rotatable bonds is 2. The van der Waals surface area contributed by atoms with Crippen molar-refractivity contribution in [3.05, 3.63) is 53.3 Å². The molecule has 0 saturated carbocycles. The summed E-state index contributed by atoms with van der Waals surface area (Å²) < 4.78 is 2.25. The average molecular weight is 297 g/mol. The van der Waals surface area contributed by atoms with Gasteiger partial charge in [-0.25, -0.2) is 0 Å². The number of carbonyl (C=O) groups is 1.